The number of hydrogen-bond acceptors (Lipinski definition) is 4. The molecule has 8 heteroatoms. The lowest BCUT2D eigenvalue weighted by atomic mass is 10.1. The van der Waals surface area contributed by atoms with Crippen molar-refractivity contribution in [3.63, 3.8) is 0 Å². The van der Waals surface area contributed by atoms with Gasteiger partial charge < -0.3 is 10.6 Å². The molecule has 118 valence electrons. The van der Waals surface area contributed by atoms with Crippen molar-refractivity contribution in [2.45, 2.75) is 19.0 Å². The first-order valence-electron chi connectivity index (χ1n) is 6.22. The Balaban J connectivity index is 2.65. The van der Waals surface area contributed by atoms with Crippen LogP contribution in [0.2, 0.25) is 10.0 Å². The molecular weight excluding hydrogens is 335 g/mol. The van der Waals surface area contributed by atoms with Crippen molar-refractivity contribution in [1.29, 1.82) is 0 Å². The smallest absolute Gasteiger partial charge is 0.239 e. The van der Waals surface area contributed by atoms with E-state index in [0.29, 0.717) is 16.6 Å². The van der Waals surface area contributed by atoms with Gasteiger partial charge in [0.25, 0.3) is 0 Å². The highest BCUT2D eigenvalue weighted by Gasteiger charge is 2.20. The molecule has 1 aromatic carbocycles. The molecule has 0 fully saturated rings. The molecule has 0 spiro atoms. The second-order valence-electron chi connectivity index (χ2n) is 5.00. The quantitative estimate of drug-likeness (QED) is 0.844. The van der Waals surface area contributed by atoms with Crippen molar-refractivity contribution in [3.8, 4) is 0 Å². The van der Waals surface area contributed by atoms with E-state index < -0.39 is 15.9 Å². The van der Waals surface area contributed by atoms with Crippen molar-refractivity contribution >= 4 is 38.9 Å². The minimum absolute atomic E-state index is 0.0955. The van der Waals surface area contributed by atoms with Crippen molar-refractivity contribution in [1.82, 2.24) is 4.90 Å². The zero-order chi connectivity index (χ0) is 16.2. The van der Waals surface area contributed by atoms with Gasteiger partial charge in [-0.25, -0.2) is 8.42 Å². The SMILES string of the molecule is CN(Cc1cc(Cl)cc(Cl)c1)C(=O)C(N)CCS(C)(=O)=O. The zero-order valence-electron chi connectivity index (χ0n) is 11.8. The van der Waals surface area contributed by atoms with Gasteiger partial charge >= 0.3 is 0 Å². The van der Waals surface area contributed by atoms with Gasteiger partial charge in [0, 0.05) is 29.9 Å². The summed E-state index contributed by atoms with van der Waals surface area (Å²) in [5.41, 5.74) is 6.51. The van der Waals surface area contributed by atoms with E-state index in [1.54, 1.807) is 25.2 Å². The van der Waals surface area contributed by atoms with Gasteiger partial charge in [0.2, 0.25) is 5.91 Å². The summed E-state index contributed by atoms with van der Waals surface area (Å²) in [5.74, 6) is -0.439. The summed E-state index contributed by atoms with van der Waals surface area (Å²) in [4.78, 5) is 13.5. The summed E-state index contributed by atoms with van der Waals surface area (Å²) in [6.45, 7) is 0.297. The first-order valence-corrected chi connectivity index (χ1v) is 9.03. The molecule has 5 nitrogen and oxygen atoms in total. The monoisotopic (exact) mass is 352 g/mol. The predicted octanol–water partition coefficient (Wildman–Crippen LogP) is 1.71. The van der Waals surface area contributed by atoms with E-state index in [2.05, 4.69) is 0 Å². The maximum absolute atomic E-state index is 12.1. The van der Waals surface area contributed by atoms with Gasteiger partial charge in [-0.2, -0.15) is 0 Å². The number of carbonyl (C=O) groups excluding carboxylic acids is 1. The number of hydrogen-bond donors (Lipinski definition) is 1. The average molecular weight is 353 g/mol. The lowest BCUT2D eigenvalue weighted by Gasteiger charge is -2.21. The summed E-state index contributed by atoms with van der Waals surface area (Å²) in [6.07, 6.45) is 1.21. The molecule has 1 rings (SSSR count). The lowest BCUT2D eigenvalue weighted by molar-refractivity contribution is -0.131. The van der Waals surface area contributed by atoms with Gasteiger partial charge in [0.15, 0.2) is 0 Å². The van der Waals surface area contributed by atoms with Crippen molar-refractivity contribution in [3.05, 3.63) is 33.8 Å². The Hall–Kier alpha value is -0.820. The van der Waals surface area contributed by atoms with Crippen LogP contribution in [-0.2, 0) is 21.2 Å². The average Bonchev–Trinajstić information content (AvgIpc) is 2.32. The Kier molecular flexibility index (Phi) is 6.46. The van der Waals surface area contributed by atoms with Gasteiger partial charge in [0.1, 0.15) is 9.84 Å². The zero-order valence-corrected chi connectivity index (χ0v) is 14.2. The van der Waals surface area contributed by atoms with E-state index >= 15 is 0 Å². The molecule has 0 heterocycles. The first kappa shape index (κ1) is 18.2. The Morgan fingerprint density at radius 2 is 1.81 bits per heavy atom. The summed E-state index contributed by atoms with van der Waals surface area (Å²) < 4.78 is 22.2. The molecule has 0 bridgehead atoms. The van der Waals surface area contributed by atoms with Crippen molar-refractivity contribution in [2.75, 3.05) is 19.1 Å². The number of sulfone groups is 1. The Bertz CT molecular complexity index is 600. The molecular formula is C13H18Cl2N2O3S. The maximum Gasteiger partial charge on any atom is 0.239 e. The minimum atomic E-state index is -3.13. The third kappa shape index (κ3) is 6.65. The summed E-state index contributed by atoms with van der Waals surface area (Å²) >= 11 is 11.8. The van der Waals surface area contributed by atoms with Gasteiger partial charge in [-0.15, -0.1) is 0 Å². The number of rotatable bonds is 6. The van der Waals surface area contributed by atoms with E-state index in [0.717, 1.165) is 11.8 Å². The standard InChI is InChI=1S/C13H18Cl2N2O3S/c1-17(8-9-5-10(14)7-11(15)6-9)13(18)12(16)3-4-21(2,19)20/h5-7,12H,3-4,8,16H2,1-2H3. The largest absolute Gasteiger partial charge is 0.340 e. The predicted molar refractivity (Wildman–Crippen MR) is 85.2 cm³/mol. The van der Waals surface area contributed by atoms with Crippen LogP contribution in [0.5, 0.6) is 0 Å². The molecule has 0 saturated heterocycles. The highest BCUT2D eigenvalue weighted by atomic mass is 35.5. The molecule has 21 heavy (non-hydrogen) atoms. The van der Waals surface area contributed by atoms with Crippen LogP contribution in [-0.4, -0.2) is 44.3 Å². The molecule has 1 aromatic rings. The number of benzene rings is 1. The van der Waals surface area contributed by atoms with E-state index in [-0.39, 0.29) is 18.1 Å². The maximum atomic E-state index is 12.1. The summed E-state index contributed by atoms with van der Waals surface area (Å²) in [5, 5.41) is 0.972. The molecule has 1 atom stereocenters. The summed E-state index contributed by atoms with van der Waals surface area (Å²) in [6, 6.07) is 4.17. The Morgan fingerprint density at radius 1 is 1.29 bits per heavy atom. The van der Waals surface area contributed by atoms with Crippen LogP contribution >= 0.6 is 23.2 Å². The fourth-order valence-electron chi connectivity index (χ4n) is 1.80. The number of nitrogens with two attached hydrogens (primary N) is 1. The number of halogens is 2. The van der Waals surface area contributed by atoms with Crippen LogP contribution in [0.25, 0.3) is 0 Å². The molecule has 0 aliphatic carbocycles. The molecule has 0 radical (unpaired) electrons. The normalized spacial score (nSPS) is 13.0. The van der Waals surface area contributed by atoms with Crippen LogP contribution < -0.4 is 5.73 Å². The Labute approximate surface area is 134 Å². The molecule has 0 saturated carbocycles. The first-order chi connectivity index (χ1) is 9.58. The number of amides is 1. The van der Waals surface area contributed by atoms with E-state index in [1.807, 2.05) is 0 Å². The van der Waals surface area contributed by atoms with Gasteiger partial charge in [-0.3, -0.25) is 4.79 Å². The molecule has 0 aromatic heterocycles. The molecule has 2 N–H and O–H groups in total. The number of carbonyl (C=O) groups is 1. The summed E-state index contributed by atoms with van der Waals surface area (Å²) in [7, 11) is -1.54. The minimum Gasteiger partial charge on any atom is -0.340 e. The van der Waals surface area contributed by atoms with Crippen molar-refractivity contribution in [2.24, 2.45) is 5.73 Å². The van der Waals surface area contributed by atoms with Crippen molar-refractivity contribution < 1.29 is 13.2 Å². The molecule has 1 unspecified atom stereocenters. The van der Waals surface area contributed by atoms with E-state index in [4.69, 9.17) is 28.9 Å². The van der Waals surface area contributed by atoms with E-state index in [9.17, 15) is 13.2 Å². The third-order valence-corrected chi connectivity index (χ3v) is 4.25. The fraction of sp³-hybridized carbons (Fsp3) is 0.462. The highest BCUT2D eigenvalue weighted by Crippen LogP contribution is 2.20. The van der Waals surface area contributed by atoms with Gasteiger partial charge in [0.05, 0.1) is 11.8 Å². The van der Waals surface area contributed by atoms with E-state index in [1.165, 1.54) is 4.90 Å². The van der Waals surface area contributed by atoms with Crippen LogP contribution in [0, 0.1) is 0 Å². The number of nitrogens with zero attached hydrogens (tertiary/aromatic N) is 1. The second kappa shape index (κ2) is 7.45. The number of likely N-dealkylation sites (N-methyl/N-ethyl adjacent to an activating group) is 1. The highest BCUT2D eigenvalue weighted by molar-refractivity contribution is 7.90. The third-order valence-electron chi connectivity index (χ3n) is 2.84. The lowest BCUT2D eigenvalue weighted by Crippen LogP contribution is -2.42. The van der Waals surface area contributed by atoms with Crippen LogP contribution in [0.15, 0.2) is 18.2 Å². The molecule has 1 amide bonds. The van der Waals surface area contributed by atoms with Crippen LogP contribution in [0.1, 0.15) is 12.0 Å². The second-order valence-corrected chi connectivity index (χ2v) is 8.13. The molecule has 0 aliphatic heterocycles. The van der Waals surface area contributed by atoms with Gasteiger partial charge in [-0.05, 0) is 30.2 Å². The molecule has 0 aliphatic rings. The van der Waals surface area contributed by atoms with Crippen LogP contribution in [0.3, 0.4) is 0 Å². The topological polar surface area (TPSA) is 80.5 Å². The fourth-order valence-corrected chi connectivity index (χ4v) is 3.05. The van der Waals surface area contributed by atoms with Crippen LogP contribution in [0.4, 0.5) is 0 Å². The Morgan fingerprint density at radius 3 is 2.29 bits per heavy atom. The van der Waals surface area contributed by atoms with Gasteiger partial charge in [-0.1, -0.05) is 23.2 Å².